The predicted octanol–water partition coefficient (Wildman–Crippen LogP) is 3.06. The molecule has 2 nitrogen and oxygen atoms in total. The molecule has 1 aliphatic rings. The number of hydrogen-bond donors (Lipinski definition) is 0. The minimum absolute atomic E-state index is 0.0118. The molecule has 0 aromatic heterocycles. The van der Waals surface area contributed by atoms with Gasteiger partial charge >= 0.3 is 7.12 Å². The molecule has 0 amide bonds. The molecule has 0 spiro atoms. The molecule has 1 atom stereocenters. The highest BCUT2D eigenvalue weighted by atomic mass is 16.7. The van der Waals surface area contributed by atoms with Crippen molar-refractivity contribution in [3.8, 4) is 11.7 Å². The second-order valence-corrected chi connectivity index (χ2v) is 6.18. The second-order valence-electron chi connectivity index (χ2n) is 6.18. The van der Waals surface area contributed by atoms with Gasteiger partial charge in [-0.25, -0.2) is 0 Å². The lowest BCUT2D eigenvalue weighted by molar-refractivity contribution is -0.0118. The van der Waals surface area contributed by atoms with E-state index in [0.29, 0.717) is 0 Å². The van der Waals surface area contributed by atoms with Gasteiger partial charge in [-0.1, -0.05) is 12.7 Å². The van der Waals surface area contributed by atoms with Crippen molar-refractivity contribution in [3.63, 3.8) is 0 Å². The van der Waals surface area contributed by atoms with Gasteiger partial charge in [0.05, 0.1) is 11.2 Å². The van der Waals surface area contributed by atoms with Crippen LogP contribution < -0.4 is 0 Å². The van der Waals surface area contributed by atoms with Gasteiger partial charge in [-0.3, -0.25) is 0 Å². The zero-order valence-corrected chi connectivity index (χ0v) is 11.6. The van der Waals surface area contributed by atoms with Crippen molar-refractivity contribution in [1.82, 2.24) is 0 Å². The van der Waals surface area contributed by atoms with Gasteiger partial charge in [-0.2, -0.15) is 0 Å². The highest BCUT2D eigenvalue weighted by Crippen LogP contribution is 2.39. The number of rotatable bonds is 1. The predicted molar refractivity (Wildman–Crippen MR) is 67.9 cm³/mol. The van der Waals surface area contributed by atoms with Crippen LogP contribution in [-0.2, 0) is 9.31 Å². The quantitative estimate of drug-likeness (QED) is 0.501. The van der Waals surface area contributed by atoms with E-state index in [1.807, 2.05) is 0 Å². The Bertz CT molecular complexity index is 319. The van der Waals surface area contributed by atoms with Crippen LogP contribution >= 0.6 is 0 Å². The second kappa shape index (κ2) is 4.09. The molecule has 90 valence electrons. The van der Waals surface area contributed by atoms with Gasteiger partial charge in [0.2, 0.25) is 0 Å². The molecule has 3 heteroatoms. The van der Waals surface area contributed by atoms with Gasteiger partial charge in [0.15, 0.2) is 0 Å². The molecule has 0 aromatic rings. The molecule has 0 radical (unpaired) electrons. The molecule has 1 unspecified atom stereocenters. The van der Waals surface area contributed by atoms with Crippen LogP contribution in [0.15, 0.2) is 0 Å². The van der Waals surface area contributed by atoms with Crippen molar-refractivity contribution in [3.05, 3.63) is 0 Å². The van der Waals surface area contributed by atoms with Crippen LogP contribution in [0.2, 0.25) is 0 Å². The molecule has 1 heterocycles. The van der Waals surface area contributed by atoms with Crippen molar-refractivity contribution >= 4 is 7.12 Å². The van der Waals surface area contributed by atoms with Crippen LogP contribution in [0.25, 0.3) is 0 Å². The number of hydrogen-bond acceptors (Lipinski definition) is 2. The summed E-state index contributed by atoms with van der Waals surface area (Å²) < 4.78 is 11.8. The molecular formula is C13H23BO2. The Balaban J connectivity index is 2.81. The van der Waals surface area contributed by atoms with Gasteiger partial charge in [0.1, 0.15) is 0 Å². The summed E-state index contributed by atoms with van der Waals surface area (Å²) in [5, 5.41) is 0. The average Bonchev–Trinajstić information content (AvgIpc) is 2.34. The van der Waals surface area contributed by atoms with Crippen molar-refractivity contribution in [1.29, 1.82) is 0 Å². The summed E-state index contributed by atoms with van der Waals surface area (Å²) in [4.78, 5) is 0. The summed E-state index contributed by atoms with van der Waals surface area (Å²) in [5.41, 5.74) is -0.536. The molecular weight excluding hydrogens is 199 g/mol. The Kier molecular flexibility index (Phi) is 3.48. The topological polar surface area (TPSA) is 18.5 Å². The fourth-order valence-electron chi connectivity index (χ4n) is 1.64. The van der Waals surface area contributed by atoms with Gasteiger partial charge in [0, 0.05) is 5.41 Å². The Morgan fingerprint density at radius 1 is 1.12 bits per heavy atom. The van der Waals surface area contributed by atoms with E-state index in [2.05, 4.69) is 60.2 Å². The Hall–Kier alpha value is -0.455. The lowest BCUT2D eigenvalue weighted by Gasteiger charge is -2.35. The molecule has 1 aliphatic heterocycles. The SMILES string of the molecule is CCC1(C)OB(C#CC(C)(C)C)OC1(C)C. The van der Waals surface area contributed by atoms with Crippen LogP contribution in [0.5, 0.6) is 0 Å². The summed E-state index contributed by atoms with van der Waals surface area (Å²) in [6, 6.07) is 0. The van der Waals surface area contributed by atoms with Crippen LogP contribution in [0.4, 0.5) is 0 Å². The third kappa shape index (κ3) is 2.81. The minimum Gasteiger partial charge on any atom is -0.392 e. The maximum Gasteiger partial charge on any atom is 0.551 e. The fourth-order valence-corrected chi connectivity index (χ4v) is 1.64. The lowest BCUT2D eigenvalue weighted by atomic mass is 9.86. The fraction of sp³-hybridized carbons (Fsp3) is 0.846. The van der Waals surface area contributed by atoms with Gasteiger partial charge in [-0.05, 0) is 48.0 Å². The summed E-state index contributed by atoms with van der Waals surface area (Å²) in [6.45, 7) is 14.6. The first kappa shape index (κ1) is 13.6. The highest BCUT2D eigenvalue weighted by Gasteiger charge is 2.52. The van der Waals surface area contributed by atoms with Crippen molar-refractivity contribution in [2.75, 3.05) is 0 Å². The van der Waals surface area contributed by atoms with E-state index in [1.54, 1.807) is 0 Å². The zero-order valence-electron chi connectivity index (χ0n) is 11.6. The Morgan fingerprint density at radius 2 is 1.69 bits per heavy atom. The van der Waals surface area contributed by atoms with Gasteiger partial charge < -0.3 is 9.31 Å². The van der Waals surface area contributed by atoms with E-state index in [4.69, 9.17) is 9.31 Å². The van der Waals surface area contributed by atoms with Crippen molar-refractivity contribution < 1.29 is 9.31 Å². The monoisotopic (exact) mass is 222 g/mol. The first-order valence-electron chi connectivity index (χ1n) is 5.98. The zero-order chi connectivity index (χ0) is 12.6. The Morgan fingerprint density at radius 3 is 2.06 bits per heavy atom. The summed E-state index contributed by atoms with van der Waals surface area (Å²) in [6.07, 6.45) is 0.924. The van der Waals surface area contributed by atoms with Crippen LogP contribution in [0.3, 0.4) is 0 Å². The third-order valence-corrected chi connectivity index (χ3v) is 3.28. The van der Waals surface area contributed by atoms with Crippen LogP contribution in [0, 0.1) is 17.2 Å². The van der Waals surface area contributed by atoms with Crippen LogP contribution in [-0.4, -0.2) is 18.3 Å². The summed E-state index contributed by atoms with van der Waals surface area (Å²) in [7, 11) is -0.390. The van der Waals surface area contributed by atoms with Crippen molar-refractivity contribution in [2.45, 2.75) is 66.1 Å². The molecule has 1 rings (SSSR count). The first-order chi connectivity index (χ1) is 7.10. The lowest BCUT2D eigenvalue weighted by Crippen LogP contribution is -2.44. The normalized spacial score (nSPS) is 28.8. The minimum atomic E-state index is -0.390. The van der Waals surface area contributed by atoms with E-state index in [9.17, 15) is 0 Å². The van der Waals surface area contributed by atoms with E-state index >= 15 is 0 Å². The van der Waals surface area contributed by atoms with Gasteiger partial charge in [-0.15, -0.1) is 5.92 Å². The molecule has 0 aromatic carbocycles. The van der Waals surface area contributed by atoms with Crippen molar-refractivity contribution in [2.24, 2.45) is 5.41 Å². The van der Waals surface area contributed by atoms with Crippen LogP contribution in [0.1, 0.15) is 54.9 Å². The smallest absolute Gasteiger partial charge is 0.392 e. The molecule has 1 saturated heterocycles. The maximum atomic E-state index is 5.91. The highest BCUT2D eigenvalue weighted by molar-refractivity contribution is 6.55. The van der Waals surface area contributed by atoms with E-state index < -0.39 is 0 Å². The molecule has 1 fully saturated rings. The molecule has 16 heavy (non-hydrogen) atoms. The van der Waals surface area contributed by atoms with E-state index in [1.165, 1.54) is 0 Å². The third-order valence-electron chi connectivity index (χ3n) is 3.28. The summed E-state index contributed by atoms with van der Waals surface area (Å²) >= 11 is 0. The largest absolute Gasteiger partial charge is 0.551 e. The first-order valence-corrected chi connectivity index (χ1v) is 5.98. The van der Waals surface area contributed by atoms with Gasteiger partial charge in [0.25, 0.3) is 0 Å². The molecule has 0 saturated carbocycles. The summed E-state index contributed by atoms with van der Waals surface area (Å²) in [5.74, 6) is 6.24. The molecule has 0 N–H and O–H groups in total. The molecule has 0 aliphatic carbocycles. The van der Waals surface area contributed by atoms with E-state index in [-0.39, 0.29) is 23.7 Å². The Labute approximate surface area is 100 Å². The standard InChI is InChI=1S/C13H23BO2/c1-8-13(7)12(5,6)15-14(16-13)10-9-11(2,3)4/h8H2,1-7H3. The maximum absolute atomic E-state index is 5.91. The molecule has 0 bridgehead atoms. The average molecular weight is 222 g/mol. The van der Waals surface area contributed by atoms with E-state index in [0.717, 1.165) is 6.42 Å².